The number of rotatable bonds is 14. The number of hydrogen-bond acceptors (Lipinski definition) is 1. The van der Waals surface area contributed by atoms with Gasteiger partial charge >= 0.3 is 0 Å². The maximum Gasteiger partial charge on any atom is 0.127 e. The molecular weight excluding hydrogens is 280 g/mol. The Hall–Kier alpha value is -1.24. The van der Waals surface area contributed by atoms with Crippen LogP contribution < -0.4 is 4.74 Å². The third kappa shape index (κ3) is 9.48. The molecule has 0 aliphatic heterocycles. The molecular formula is C22H36O. The zero-order valence-corrected chi connectivity index (χ0v) is 15.4. The fraction of sp³-hybridized carbons (Fsp3) is 0.636. The van der Waals surface area contributed by atoms with Gasteiger partial charge in [-0.25, -0.2) is 0 Å². The summed E-state index contributed by atoms with van der Waals surface area (Å²) in [6.45, 7) is 8.22. The number of benzene rings is 1. The molecule has 0 saturated carbocycles. The molecule has 0 spiro atoms. The Morgan fingerprint density at radius 1 is 0.739 bits per heavy atom. The van der Waals surface area contributed by atoms with E-state index in [1.165, 1.54) is 94.4 Å². The first kappa shape index (κ1) is 19.8. The van der Waals surface area contributed by atoms with E-state index in [0.29, 0.717) is 0 Å². The molecule has 1 aromatic carbocycles. The van der Waals surface area contributed by atoms with Gasteiger partial charge in [0.15, 0.2) is 0 Å². The van der Waals surface area contributed by atoms with Crippen molar-refractivity contribution in [2.45, 2.75) is 90.9 Å². The molecule has 1 heteroatoms. The lowest BCUT2D eigenvalue weighted by Crippen LogP contribution is -1.94. The van der Waals surface area contributed by atoms with Gasteiger partial charge < -0.3 is 4.74 Å². The van der Waals surface area contributed by atoms with Gasteiger partial charge in [-0.2, -0.15) is 0 Å². The molecule has 1 nitrogen and oxygen atoms in total. The van der Waals surface area contributed by atoms with Crippen LogP contribution in [0.5, 0.6) is 5.75 Å². The maximum absolute atomic E-state index is 5.54. The minimum atomic E-state index is 0.953. The summed E-state index contributed by atoms with van der Waals surface area (Å²) in [7, 11) is 0. The van der Waals surface area contributed by atoms with Crippen molar-refractivity contribution in [3.8, 4) is 5.75 Å². The van der Waals surface area contributed by atoms with E-state index in [1.807, 2.05) is 0 Å². The summed E-state index contributed by atoms with van der Waals surface area (Å²) in [4.78, 5) is 0. The Labute approximate surface area is 144 Å². The quantitative estimate of drug-likeness (QED) is 0.260. The molecule has 130 valence electrons. The maximum atomic E-state index is 5.54. The van der Waals surface area contributed by atoms with Gasteiger partial charge in [-0.1, -0.05) is 77.9 Å². The average molecular weight is 317 g/mol. The van der Waals surface area contributed by atoms with E-state index in [2.05, 4.69) is 38.6 Å². The summed E-state index contributed by atoms with van der Waals surface area (Å²) in [6, 6.07) is 6.75. The fourth-order valence-corrected chi connectivity index (χ4v) is 3.05. The van der Waals surface area contributed by atoms with Crippen LogP contribution in [0, 0.1) is 0 Å². The molecule has 0 aliphatic carbocycles. The van der Waals surface area contributed by atoms with Gasteiger partial charge in [0.2, 0.25) is 0 Å². The highest BCUT2D eigenvalue weighted by Gasteiger charge is 2.03. The predicted molar refractivity (Wildman–Crippen MR) is 102 cm³/mol. The molecule has 0 atom stereocenters. The minimum Gasteiger partial charge on any atom is -0.466 e. The second-order valence-corrected chi connectivity index (χ2v) is 6.60. The average Bonchev–Trinajstić information content (AvgIpc) is 2.55. The second-order valence-electron chi connectivity index (χ2n) is 6.60. The normalized spacial score (nSPS) is 10.7. The van der Waals surface area contributed by atoms with Crippen LogP contribution in [0.3, 0.4) is 0 Å². The van der Waals surface area contributed by atoms with E-state index in [9.17, 15) is 0 Å². The zero-order chi connectivity index (χ0) is 16.8. The van der Waals surface area contributed by atoms with Gasteiger partial charge in [0.25, 0.3) is 0 Å². The molecule has 0 bridgehead atoms. The molecule has 0 radical (unpaired) electrons. The van der Waals surface area contributed by atoms with Gasteiger partial charge in [0, 0.05) is 0 Å². The molecule has 0 aromatic heterocycles. The molecule has 0 heterocycles. The second kappa shape index (κ2) is 13.2. The summed E-state index contributed by atoms with van der Waals surface area (Å²) < 4.78 is 5.54. The molecule has 0 saturated heterocycles. The van der Waals surface area contributed by atoms with Crippen molar-refractivity contribution in [1.82, 2.24) is 0 Å². The standard InChI is InChI=1S/C22H36O/c1-4-7-9-11-13-15-20-17-21(16-14-12-10-8-5-2)19-22(18-20)23-6-3/h6,17-19H,3-5,7-16H2,1-2H3. The van der Waals surface area contributed by atoms with Crippen molar-refractivity contribution in [1.29, 1.82) is 0 Å². The Morgan fingerprint density at radius 2 is 1.22 bits per heavy atom. The highest BCUT2D eigenvalue weighted by atomic mass is 16.5. The van der Waals surface area contributed by atoms with Gasteiger partial charge in [-0.05, 0) is 48.9 Å². The van der Waals surface area contributed by atoms with Gasteiger partial charge in [-0.15, -0.1) is 0 Å². The van der Waals surface area contributed by atoms with E-state index >= 15 is 0 Å². The van der Waals surface area contributed by atoms with Crippen molar-refractivity contribution in [2.24, 2.45) is 0 Å². The lowest BCUT2D eigenvalue weighted by atomic mass is 9.99. The third-order valence-corrected chi connectivity index (χ3v) is 4.38. The van der Waals surface area contributed by atoms with E-state index < -0.39 is 0 Å². The van der Waals surface area contributed by atoms with Crippen molar-refractivity contribution in [3.63, 3.8) is 0 Å². The highest BCUT2D eigenvalue weighted by Crippen LogP contribution is 2.21. The lowest BCUT2D eigenvalue weighted by Gasteiger charge is -2.10. The smallest absolute Gasteiger partial charge is 0.127 e. The number of aryl methyl sites for hydroxylation is 2. The number of unbranched alkanes of at least 4 members (excludes halogenated alkanes) is 8. The van der Waals surface area contributed by atoms with Crippen LogP contribution in [0.1, 0.15) is 89.2 Å². The highest BCUT2D eigenvalue weighted by molar-refractivity contribution is 5.35. The van der Waals surface area contributed by atoms with Crippen LogP contribution in [-0.4, -0.2) is 0 Å². The summed E-state index contributed by atoms with van der Waals surface area (Å²) in [5.74, 6) is 0.953. The molecule has 1 aromatic rings. The van der Waals surface area contributed by atoms with E-state index in [1.54, 1.807) is 0 Å². The molecule has 1 rings (SSSR count). The van der Waals surface area contributed by atoms with Crippen LogP contribution in [-0.2, 0) is 12.8 Å². The van der Waals surface area contributed by atoms with Crippen molar-refractivity contribution < 1.29 is 4.74 Å². The lowest BCUT2D eigenvalue weighted by molar-refractivity contribution is 0.481. The topological polar surface area (TPSA) is 9.23 Å². The Kier molecular flexibility index (Phi) is 11.4. The van der Waals surface area contributed by atoms with Crippen molar-refractivity contribution >= 4 is 0 Å². The molecule has 0 N–H and O–H groups in total. The molecule has 0 unspecified atom stereocenters. The predicted octanol–water partition coefficient (Wildman–Crippen LogP) is 7.23. The van der Waals surface area contributed by atoms with E-state index in [0.717, 1.165) is 5.75 Å². The SMILES string of the molecule is C=COc1cc(CCCCCCC)cc(CCCCCCC)c1. The number of ether oxygens (including phenoxy) is 1. The van der Waals surface area contributed by atoms with Crippen LogP contribution in [0.4, 0.5) is 0 Å². The van der Waals surface area contributed by atoms with Gasteiger partial charge in [-0.3, -0.25) is 0 Å². The Morgan fingerprint density at radius 3 is 1.65 bits per heavy atom. The van der Waals surface area contributed by atoms with E-state index in [-0.39, 0.29) is 0 Å². The molecule has 0 fully saturated rings. The first-order valence-corrected chi connectivity index (χ1v) is 9.70. The van der Waals surface area contributed by atoms with Crippen molar-refractivity contribution in [3.05, 3.63) is 42.2 Å². The molecule has 0 amide bonds. The third-order valence-electron chi connectivity index (χ3n) is 4.38. The zero-order valence-electron chi connectivity index (χ0n) is 15.4. The first-order chi connectivity index (χ1) is 11.3. The first-order valence-electron chi connectivity index (χ1n) is 9.70. The summed E-state index contributed by atoms with van der Waals surface area (Å²) in [6.07, 6.45) is 17.2. The van der Waals surface area contributed by atoms with Crippen LogP contribution in [0.15, 0.2) is 31.0 Å². The minimum absolute atomic E-state index is 0.953. The van der Waals surface area contributed by atoms with Gasteiger partial charge in [0.1, 0.15) is 5.75 Å². The largest absolute Gasteiger partial charge is 0.466 e. The van der Waals surface area contributed by atoms with Crippen LogP contribution in [0.25, 0.3) is 0 Å². The van der Waals surface area contributed by atoms with Crippen LogP contribution >= 0.6 is 0 Å². The summed E-state index contributed by atoms with van der Waals surface area (Å²) in [5.41, 5.74) is 2.84. The summed E-state index contributed by atoms with van der Waals surface area (Å²) in [5, 5.41) is 0. The molecule has 0 aliphatic rings. The van der Waals surface area contributed by atoms with Crippen LogP contribution in [0.2, 0.25) is 0 Å². The van der Waals surface area contributed by atoms with Crippen molar-refractivity contribution in [2.75, 3.05) is 0 Å². The Bertz CT molecular complexity index is 390. The Balaban J connectivity index is 2.50. The molecule has 23 heavy (non-hydrogen) atoms. The van der Waals surface area contributed by atoms with Gasteiger partial charge in [0.05, 0.1) is 6.26 Å². The fourth-order valence-electron chi connectivity index (χ4n) is 3.05. The summed E-state index contributed by atoms with van der Waals surface area (Å²) >= 11 is 0. The monoisotopic (exact) mass is 316 g/mol. The van der Waals surface area contributed by atoms with E-state index in [4.69, 9.17) is 4.74 Å². The number of hydrogen-bond donors (Lipinski definition) is 0.